The van der Waals surface area contributed by atoms with Crippen LogP contribution in [0.5, 0.6) is 0 Å². The van der Waals surface area contributed by atoms with Crippen molar-refractivity contribution in [1.82, 2.24) is 15.1 Å². The summed E-state index contributed by atoms with van der Waals surface area (Å²) >= 11 is 5.87. The molecule has 1 aromatic rings. The summed E-state index contributed by atoms with van der Waals surface area (Å²) in [5.74, 6) is -1.07. The van der Waals surface area contributed by atoms with E-state index in [1.54, 1.807) is 29.2 Å². The molecular formula is C21H29ClN4O4. The van der Waals surface area contributed by atoms with E-state index in [0.717, 1.165) is 39.1 Å². The lowest BCUT2D eigenvalue weighted by molar-refractivity contribution is -0.135. The zero-order valence-corrected chi connectivity index (χ0v) is 17.8. The minimum Gasteiger partial charge on any atom is -0.377 e. The molecular weight excluding hydrogens is 408 g/mol. The summed E-state index contributed by atoms with van der Waals surface area (Å²) in [4.78, 5) is 41.0. The second-order valence-corrected chi connectivity index (χ2v) is 8.24. The van der Waals surface area contributed by atoms with E-state index in [1.807, 2.05) is 0 Å². The first-order valence-corrected chi connectivity index (χ1v) is 10.8. The lowest BCUT2D eigenvalue weighted by atomic mass is 10.1. The maximum Gasteiger partial charge on any atom is 0.251 e. The molecule has 0 aliphatic carbocycles. The SMILES string of the molecule is NC(=O)CC[C@H](NC(=O)c1ccc(Cl)cc1)C(=O)N1CCN(C[C@H]2CCCO2)CC1. The third kappa shape index (κ3) is 6.42. The molecule has 2 aliphatic heterocycles. The van der Waals surface area contributed by atoms with Gasteiger partial charge >= 0.3 is 0 Å². The number of hydrogen-bond acceptors (Lipinski definition) is 5. The molecule has 2 fully saturated rings. The lowest BCUT2D eigenvalue weighted by Crippen LogP contribution is -2.55. The van der Waals surface area contributed by atoms with Crippen LogP contribution >= 0.6 is 11.6 Å². The van der Waals surface area contributed by atoms with Crippen LogP contribution in [0, 0.1) is 0 Å². The van der Waals surface area contributed by atoms with E-state index in [-0.39, 0.29) is 30.8 Å². The van der Waals surface area contributed by atoms with Gasteiger partial charge in [-0.05, 0) is 43.5 Å². The molecule has 2 aliphatic rings. The number of piperazine rings is 1. The number of amides is 3. The van der Waals surface area contributed by atoms with Gasteiger partial charge < -0.3 is 20.7 Å². The van der Waals surface area contributed by atoms with E-state index in [2.05, 4.69) is 10.2 Å². The number of nitrogens with one attached hydrogen (secondary N) is 1. The van der Waals surface area contributed by atoms with E-state index in [0.29, 0.717) is 23.7 Å². The average molecular weight is 437 g/mol. The van der Waals surface area contributed by atoms with E-state index >= 15 is 0 Å². The van der Waals surface area contributed by atoms with Gasteiger partial charge in [-0.15, -0.1) is 0 Å². The highest BCUT2D eigenvalue weighted by Crippen LogP contribution is 2.16. The average Bonchev–Trinajstić information content (AvgIpc) is 3.24. The van der Waals surface area contributed by atoms with Crippen LogP contribution < -0.4 is 11.1 Å². The Labute approximate surface area is 181 Å². The van der Waals surface area contributed by atoms with Crippen LogP contribution in [0.25, 0.3) is 0 Å². The topological polar surface area (TPSA) is 105 Å². The maximum absolute atomic E-state index is 13.1. The number of hydrogen-bond donors (Lipinski definition) is 2. The molecule has 0 spiro atoms. The number of carbonyl (C=O) groups excluding carboxylic acids is 3. The Balaban J connectivity index is 1.57. The summed E-state index contributed by atoms with van der Waals surface area (Å²) in [7, 11) is 0. The number of benzene rings is 1. The van der Waals surface area contributed by atoms with Gasteiger partial charge in [-0.1, -0.05) is 11.6 Å². The summed E-state index contributed by atoms with van der Waals surface area (Å²) in [6.45, 7) is 4.40. The molecule has 2 saturated heterocycles. The fourth-order valence-electron chi connectivity index (χ4n) is 3.83. The first kappa shape index (κ1) is 22.5. The number of ether oxygens (including phenoxy) is 1. The number of carbonyl (C=O) groups is 3. The zero-order chi connectivity index (χ0) is 21.5. The Morgan fingerprint density at radius 2 is 1.87 bits per heavy atom. The highest BCUT2D eigenvalue weighted by atomic mass is 35.5. The molecule has 3 N–H and O–H groups in total. The van der Waals surface area contributed by atoms with Crippen molar-refractivity contribution in [1.29, 1.82) is 0 Å². The molecule has 8 nitrogen and oxygen atoms in total. The smallest absolute Gasteiger partial charge is 0.251 e. The summed E-state index contributed by atoms with van der Waals surface area (Å²) in [5, 5.41) is 3.28. The molecule has 30 heavy (non-hydrogen) atoms. The molecule has 0 aromatic heterocycles. The molecule has 0 unspecified atom stereocenters. The highest BCUT2D eigenvalue weighted by Gasteiger charge is 2.30. The van der Waals surface area contributed by atoms with Crippen LogP contribution in [0.2, 0.25) is 5.02 Å². The Kier molecular flexibility index (Phi) is 8.07. The van der Waals surface area contributed by atoms with E-state index in [9.17, 15) is 14.4 Å². The highest BCUT2D eigenvalue weighted by molar-refractivity contribution is 6.30. The van der Waals surface area contributed by atoms with Crippen LogP contribution in [0.15, 0.2) is 24.3 Å². The minimum absolute atomic E-state index is 0.0241. The zero-order valence-electron chi connectivity index (χ0n) is 17.0. The largest absolute Gasteiger partial charge is 0.377 e. The van der Waals surface area contributed by atoms with E-state index < -0.39 is 11.9 Å². The Hall–Kier alpha value is -2.16. The van der Waals surface area contributed by atoms with Crippen molar-refractivity contribution in [2.75, 3.05) is 39.3 Å². The summed E-state index contributed by atoms with van der Waals surface area (Å²) in [6, 6.07) is 5.62. The predicted molar refractivity (Wildman–Crippen MR) is 113 cm³/mol. The molecule has 0 bridgehead atoms. The predicted octanol–water partition coefficient (Wildman–Crippen LogP) is 1.03. The second-order valence-electron chi connectivity index (χ2n) is 7.80. The van der Waals surface area contributed by atoms with Crippen LogP contribution in [0.1, 0.15) is 36.0 Å². The van der Waals surface area contributed by atoms with Crippen molar-refractivity contribution in [3.05, 3.63) is 34.9 Å². The van der Waals surface area contributed by atoms with Gasteiger partial charge in [0.2, 0.25) is 11.8 Å². The van der Waals surface area contributed by atoms with Gasteiger partial charge in [0.25, 0.3) is 5.91 Å². The van der Waals surface area contributed by atoms with E-state index in [4.69, 9.17) is 22.1 Å². The van der Waals surface area contributed by atoms with Crippen LogP contribution in [-0.4, -0.2) is 79.0 Å². The van der Waals surface area contributed by atoms with Gasteiger partial charge in [0, 0.05) is 56.3 Å². The van der Waals surface area contributed by atoms with Crippen molar-refractivity contribution in [3.8, 4) is 0 Å². The Bertz CT molecular complexity index is 744. The van der Waals surface area contributed by atoms with Crippen LogP contribution in [0.3, 0.4) is 0 Å². The van der Waals surface area contributed by atoms with E-state index in [1.165, 1.54) is 0 Å². The molecule has 0 saturated carbocycles. The fraction of sp³-hybridized carbons (Fsp3) is 0.571. The molecule has 2 atom stereocenters. The van der Waals surface area contributed by atoms with Gasteiger partial charge in [0.15, 0.2) is 0 Å². The maximum atomic E-state index is 13.1. The molecule has 9 heteroatoms. The van der Waals surface area contributed by atoms with Crippen molar-refractivity contribution >= 4 is 29.3 Å². The second kappa shape index (κ2) is 10.7. The number of rotatable bonds is 8. The summed E-state index contributed by atoms with van der Waals surface area (Å²) in [6.07, 6.45) is 2.68. The van der Waals surface area contributed by atoms with Gasteiger partial charge in [-0.2, -0.15) is 0 Å². The number of nitrogens with zero attached hydrogens (tertiary/aromatic N) is 2. The minimum atomic E-state index is -0.801. The van der Waals surface area contributed by atoms with Crippen molar-refractivity contribution in [3.63, 3.8) is 0 Å². The first-order valence-electron chi connectivity index (χ1n) is 10.4. The van der Waals surface area contributed by atoms with Gasteiger partial charge in [-0.25, -0.2) is 0 Å². The first-order chi connectivity index (χ1) is 14.4. The molecule has 3 rings (SSSR count). The molecule has 164 valence electrons. The standard InChI is InChI=1S/C21H29ClN4O4/c22-16-5-3-15(4-6-16)20(28)24-18(7-8-19(23)27)21(29)26-11-9-25(10-12-26)14-17-2-1-13-30-17/h3-6,17-18H,1-2,7-14H2,(H2,23,27)(H,24,28)/t17-,18+/m1/s1. The van der Waals surface area contributed by atoms with Crippen molar-refractivity contribution in [2.24, 2.45) is 5.73 Å². The quantitative estimate of drug-likeness (QED) is 0.633. The molecule has 1 aromatic carbocycles. The Morgan fingerprint density at radius 1 is 1.17 bits per heavy atom. The summed E-state index contributed by atoms with van der Waals surface area (Å²) in [5.41, 5.74) is 5.66. The van der Waals surface area contributed by atoms with Gasteiger partial charge in [-0.3, -0.25) is 19.3 Å². The Morgan fingerprint density at radius 3 is 2.47 bits per heavy atom. The normalized spacial score (nSPS) is 20.7. The monoisotopic (exact) mass is 436 g/mol. The third-order valence-corrected chi connectivity index (χ3v) is 5.81. The van der Waals surface area contributed by atoms with Crippen molar-refractivity contribution < 1.29 is 19.1 Å². The third-order valence-electron chi connectivity index (χ3n) is 5.56. The van der Waals surface area contributed by atoms with Crippen LogP contribution in [0.4, 0.5) is 0 Å². The fourth-order valence-corrected chi connectivity index (χ4v) is 3.96. The molecule has 3 amide bonds. The molecule has 0 radical (unpaired) electrons. The van der Waals surface area contributed by atoms with Gasteiger partial charge in [0.05, 0.1) is 6.10 Å². The summed E-state index contributed by atoms with van der Waals surface area (Å²) < 4.78 is 5.69. The number of nitrogens with two attached hydrogens (primary N) is 1. The number of primary amides is 1. The number of halogens is 1. The molecule has 2 heterocycles. The van der Waals surface area contributed by atoms with Gasteiger partial charge in [0.1, 0.15) is 6.04 Å². The van der Waals surface area contributed by atoms with Crippen LogP contribution in [-0.2, 0) is 14.3 Å². The lowest BCUT2D eigenvalue weighted by Gasteiger charge is -2.37. The van der Waals surface area contributed by atoms with Crippen molar-refractivity contribution in [2.45, 2.75) is 37.8 Å².